The molecule has 1 amide bonds. The Kier molecular flexibility index (Phi) is 4.84. The zero-order valence-electron chi connectivity index (χ0n) is 13.3. The van der Waals surface area contributed by atoms with Gasteiger partial charge in [0.05, 0.1) is 0 Å². The van der Waals surface area contributed by atoms with E-state index in [-0.39, 0.29) is 19.1 Å². The molecule has 0 saturated carbocycles. The minimum absolute atomic E-state index is 0.224. The van der Waals surface area contributed by atoms with Crippen molar-refractivity contribution in [2.24, 2.45) is 0 Å². The molecule has 2 heterocycles. The van der Waals surface area contributed by atoms with Gasteiger partial charge in [-0.1, -0.05) is 6.07 Å². The van der Waals surface area contributed by atoms with Gasteiger partial charge < -0.3 is 9.64 Å². The third-order valence-corrected chi connectivity index (χ3v) is 6.55. The van der Waals surface area contributed by atoms with Crippen molar-refractivity contribution in [2.45, 2.75) is 43.5 Å². The predicted octanol–water partition coefficient (Wildman–Crippen LogP) is 2.38. The minimum atomic E-state index is -3.46. The third-order valence-electron chi connectivity index (χ3n) is 3.31. The number of rotatable bonds is 2. The molecule has 0 unspecified atom stereocenters. The van der Waals surface area contributed by atoms with Crippen LogP contribution in [0.25, 0.3) is 0 Å². The number of ether oxygens (including phenoxy) is 1. The molecule has 0 radical (unpaired) electrons. The first kappa shape index (κ1) is 17.2. The second-order valence-corrected chi connectivity index (χ2v) is 9.43. The molecule has 124 valence electrons. The molecule has 0 bridgehead atoms. The highest BCUT2D eigenvalue weighted by atomic mass is 32.2. The lowest BCUT2D eigenvalue weighted by atomic mass is 10.2. The van der Waals surface area contributed by atoms with Crippen molar-refractivity contribution >= 4 is 27.5 Å². The van der Waals surface area contributed by atoms with Gasteiger partial charge in [0, 0.05) is 25.7 Å². The highest BCUT2D eigenvalue weighted by Gasteiger charge is 2.36. The van der Waals surface area contributed by atoms with Crippen molar-refractivity contribution < 1.29 is 17.9 Å². The van der Waals surface area contributed by atoms with Crippen LogP contribution in [0.3, 0.4) is 0 Å². The summed E-state index contributed by atoms with van der Waals surface area (Å²) in [7, 11) is -3.46. The highest BCUT2D eigenvalue weighted by molar-refractivity contribution is 7.91. The van der Waals surface area contributed by atoms with E-state index in [4.69, 9.17) is 4.74 Å². The van der Waals surface area contributed by atoms with Gasteiger partial charge in [-0.2, -0.15) is 4.31 Å². The van der Waals surface area contributed by atoms with Crippen LogP contribution in [0.2, 0.25) is 0 Å². The summed E-state index contributed by atoms with van der Waals surface area (Å²) >= 11 is 1.20. The molecule has 1 aromatic heterocycles. The first-order valence-electron chi connectivity index (χ1n) is 7.14. The first-order chi connectivity index (χ1) is 10.1. The molecule has 6 nitrogen and oxygen atoms in total. The lowest BCUT2D eigenvalue weighted by molar-refractivity contribution is 0.00860. The fourth-order valence-electron chi connectivity index (χ4n) is 2.27. The second-order valence-electron chi connectivity index (χ2n) is 6.32. The molecule has 0 aromatic carbocycles. The fourth-order valence-corrected chi connectivity index (χ4v) is 4.93. The van der Waals surface area contributed by atoms with Gasteiger partial charge >= 0.3 is 6.09 Å². The normalized spacial score (nSPS) is 20.9. The molecule has 1 fully saturated rings. The van der Waals surface area contributed by atoms with E-state index in [0.29, 0.717) is 10.8 Å². The molecule has 0 spiro atoms. The molecule has 1 aliphatic heterocycles. The Labute approximate surface area is 135 Å². The molecule has 0 aliphatic carbocycles. The highest BCUT2D eigenvalue weighted by Crippen LogP contribution is 2.24. The van der Waals surface area contributed by atoms with Gasteiger partial charge in [0.15, 0.2) is 0 Å². The maximum Gasteiger partial charge on any atom is 0.410 e. The maximum absolute atomic E-state index is 12.5. The Hall–Kier alpha value is -1.12. The number of nitrogens with zero attached hydrogens (tertiary/aromatic N) is 2. The number of hydrogen-bond acceptors (Lipinski definition) is 5. The average Bonchev–Trinajstić information content (AvgIpc) is 2.90. The van der Waals surface area contributed by atoms with Crippen molar-refractivity contribution in [3.05, 3.63) is 17.5 Å². The lowest BCUT2D eigenvalue weighted by Crippen LogP contribution is -2.56. The second kappa shape index (κ2) is 6.17. The van der Waals surface area contributed by atoms with Crippen LogP contribution < -0.4 is 0 Å². The van der Waals surface area contributed by atoms with Gasteiger partial charge in [0.2, 0.25) is 0 Å². The molecule has 0 N–H and O–H groups in total. The van der Waals surface area contributed by atoms with Crippen molar-refractivity contribution in [3.63, 3.8) is 0 Å². The van der Waals surface area contributed by atoms with Crippen LogP contribution in [0.5, 0.6) is 0 Å². The Morgan fingerprint density at radius 3 is 2.55 bits per heavy atom. The molecule has 1 aromatic rings. The predicted molar refractivity (Wildman–Crippen MR) is 85.5 cm³/mol. The zero-order valence-corrected chi connectivity index (χ0v) is 14.9. The Bertz CT molecular complexity index is 620. The van der Waals surface area contributed by atoms with E-state index in [9.17, 15) is 13.2 Å². The number of piperazine rings is 1. The zero-order chi connectivity index (χ0) is 16.5. The summed E-state index contributed by atoms with van der Waals surface area (Å²) in [6.07, 6.45) is -0.395. The fraction of sp³-hybridized carbons (Fsp3) is 0.643. The molecular weight excluding hydrogens is 324 g/mol. The molecule has 2 rings (SSSR count). The molecule has 1 aliphatic rings. The monoisotopic (exact) mass is 346 g/mol. The molecule has 1 atom stereocenters. The minimum Gasteiger partial charge on any atom is -0.444 e. The maximum atomic E-state index is 12.5. The van der Waals surface area contributed by atoms with Crippen LogP contribution in [0, 0.1) is 0 Å². The van der Waals surface area contributed by atoms with Crippen LogP contribution >= 0.6 is 11.3 Å². The van der Waals surface area contributed by atoms with Crippen molar-refractivity contribution in [2.75, 3.05) is 19.6 Å². The Balaban J connectivity index is 2.06. The van der Waals surface area contributed by atoms with Gasteiger partial charge in [-0.3, -0.25) is 0 Å². The summed E-state index contributed by atoms with van der Waals surface area (Å²) in [6.45, 7) is 8.16. The lowest BCUT2D eigenvalue weighted by Gasteiger charge is -2.39. The summed E-state index contributed by atoms with van der Waals surface area (Å²) in [5.74, 6) is 0. The molecule has 22 heavy (non-hydrogen) atoms. The topological polar surface area (TPSA) is 66.9 Å². The van der Waals surface area contributed by atoms with E-state index in [0.717, 1.165) is 0 Å². The SMILES string of the molecule is C[C@H]1CN(S(=O)(=O)c2cccs2)CCN1C(=O)OC(C)(C)C. The number of thiophene rings is 1. The molecular formula is C14H22N2O4S2. The molecule has 8 heteroatoms. The van der Waals surface area contributed by atoms with Gasteiger partial charge in [0.25, 0.3) is 10.0 Å². The van der Waals surface area contributed by atoms with E-state index in [1.54, 1.807) is 22.4 Å². The van der Waals surface area contributed by atoms with E-state index in [2.05, 4.69) is 0 Å². The van der Waals surface area contributed by atoms with Gasteiger partial charge in [-0.15, -0.1) is 11.3 Å². The average molecular weight is 346 g/mol. The first-order valence-corrected chi connectivity index (χ1v) is 9.46. The van der Waals surface area contributed by atoms with E-state index >= 15 is 0 Å². The third kappa shape index (κ3) is 3.80. The van der Waals surface area contributed by atoms with Crippen LogP contribution in [0.1, 0.15) is 27.7 Å². The van der Waals surface area contributed by atoms with Gasteiger partial charge in [0.1, 0.15) is 9.81 Å². The van der Waals surface area contributed by atoms with Crippen molar-refractivity contribution in [3.8, 4) is 0 Å². The van der Waals surface area contributed by atoms with E-state index in [1.165, 1.54) is 15.6 Å². The number of hydrogen-bond donors (Lipinski definition) is 0. The Morgan fingerprint density at radius 2 is 2.05 bits per heavy atom. The smallest absolute Gasteiger partial charge is 0.410 e. The number of carbonyl (C=O) groups is 1. The number of amides is 1. The van der Waals surface area contributed by atoms with E-state index in [1.807, 2.05) is 27.7 Å². The largest absolute Gasteiger partial charge is 0.444 e. The van der Waals surface area contributed by atoms with Crippen molar-refractivity contribution in [1.82, 2.24) is 9.21 Å². The Morgan fingerprint density at radius 1 is 1.36 bits per heavy atom. The van der Waals surface area contributed by atoms with Crippen molar-refractivity contribution in [1.29, 1.82) is 0 Å². The quantitative estimate of drug-likeness (QED) is 0.824. The number of carbonyl (C=O) groups excluding carboxylic acids is 1. The van der Waals surface area contributed by atoms with Crippen LogP contribution in [0.15, 0.2) is 21.7 Å². The standard InChI is InChI=1S/C14H22N2O4S2/c1-11-10-15(22(18,19)12-6-5-9-21-12)7-8-16(11)13(17)20-14(2,3)4/h5-6,9,11H,7-8,10H2,1-4H3/t11-/m0/s1. The van der Waals surface area contributed by atoms with E-state index < -0.39 is 21.7 Å². The van der Waals surface area contributed by atoms with Gasteiger partial charge in [-0.25, -0.2) is 13.2 Å². The van der Waals surface area contributed by atoms with Crippen LogP contribution in [0.4, 0.5) is 4.79 Å². The van der Waals surface area contributed by atoms with Crippen LogP contribution in [-0.2, 0) is 14.8 Å². The summed E-state index contributed by atoms with van der Waals surface area (Å²) < 4.78 is 32.1. The van der Waals surface area contributed by atoms with Crippen LogP contribution in [-0.4, -0.2) is 55.0 Å². The summed E-state index contributed by atoms with van der Waals surface area (Å²) in [6, 6.07) is 3.10. The summed E-state index contributed by atoms with van der Waals surface area (Å²) in [5, 5.41) is 1.74. The number of sulfonamides is 1. The summed E-state index contributed by atoms with van der Waals surface area (Å²) in [4.78, 5) is 13.7. The summed E-state index contributed by atoms with van der Waals surface area (Å²) in [5.41, 5.74) is -0.559. The molecule has 1 saturated heterocycles. The van der Waals surface area contributed by atoms with Gasteiger partial charge in [-0.05, 0) is 39.1 Å².